The summed E-state index contributed by atoms with van der Waals surface area (Å²) in [5, 5.41) is 5.52. The first-order chi connectivity index (χ1) is 7.98. The molecule has 0 fully saturated rings. The van der Waals surface area contributed by atoms with Gasteiger partial charge in [-0.2, -0.15) is 0 Å². The second-order valence-corrected chi connectivity index (χ2v) is 6.07. The van der Waals surface area contributed by atoms with Gasteiger partial charge in [-0.25, -0.2) is 0 Å². The zero-order valence-corrected chi connectivity index (χ0v) is 12.4. The number of carbonyl (C=O) groups is 2. The van der Waals surface area contributed by atoms with E-state index in [9.17, 15) is 9.59 Å². The van der Waals surface area contributed by atoms with Gasteiger partial charge in [-0.1, -0.05) is 0 Å². The molecule has 0 aliphatic heterocycles. The van der Waals surface area contributed by atoms with Crippen molar-refractivity contribution in [3.8, 4) is 0 Å². The Bertz CT molecular complexity index is 304. The molecular formula is C13H27N3O2. The van der Waals surface area contributed by atoms with Gasteiger partial charge in [0.1, 0.15) is 0 Å². The lowest BCUT2D eigenvalue weighted by Gasteiger charge is -2.36. The van der Waals surface area contributed by atoms with Crippen molar-refractivity contribution < 1.29 is 9.59 Å². The van der Waals surface area contributed by atoms with E-state index in [0.29, 0.717) is 6.54 Å². The van der Waals surface area contributed by atoms with E-state index < -0.39 is 11.0 Å². The van der Waals surface area contributed by atoms with Crippen LogP contribution in [0.15, 0.2) is 0 Å². The maximum atomic E-state index is 12.0. The van der Waals surface area contributed by atoms with Gasteiger partial charge >= 0.3 is 0 Å². The summed E-state index contributed by atoms with van der Waals surface area (Å²) in [4.78, 5) is 23.4. The van der Waals surface area contributed by atoms with Crippen molar-refractivity contribution in [2.75, 3.05) is 6.54 Å². The quantitative estimate of drug-likeness (QED) is 0.657. The van der Waals surface area contributed by atoms with Gasteiger partial charge in [0.25, 0.3) is 0 Å². The third-order valence-corrected chi connectivity index (χ3v) is 3.27. The number of nitrogens with two attached hydrogens (primary N) is 1. The van der Waals surface area contributed by atoms with E-state index in [-0.39, 0.29) is 24.3 Å². The van der Waals surface area contributed by atoms with Gasteiger partial charge in [0.05, 0.1) is 5.41 Å². The molecule has 0 rings (SSSR count). The molecule has 0 aromatic heterocycles. The summed E-state index contributed by atoms with van der Waals surface area (Å²) < 4.78 is 0. The van der Waals surface area contributed by atoms with E-state index in [0.717, 1.165) is 0 Å². The highest BCUT2D eigenvalue weighted by atomic mass is 16.2. The van der Waals surface area contributed by atoms with Crippen LogP contribution in [0, 0.1) is 5.41 Å². The second-order valence-electron chi connectivity index (χ2n) is 6.07. The molecule has 0 unspecified atom stereocenters. The van der Waals surface area contributed by atoms with Gasteiger partial charge in [0, 0.05) is 24.5 Å². The van der Waals surface area contributed by atoms with E-state index >= 15 is 0 Å². The average molecular weight is 257 g/mol. The number of carbonyl (C=O) groups excluding carboxylic acids is 2. The van der Waals surface area contributed by atoms with E-state index in [1.165, 1.54) is 0 Å². The maximum Gasteiger partial charge on any atom is 0.227 e. The van der Waals surface area contributed by atoms with Crippen molar-refractivity contribution in [1.82, 2.24) is 10.6 Å². The summed E-state index contributed by atoms with van der Waals surface area (Å²) in [6, 6.07) is 0.118. The smallest absolute Gasteiger partial charge is 0.227 e. The molecule has 4 N–H and O–H groups in total. The Morgan fingerprint density at radius 3 is 2.06 bits per heavy atom. The summed E-state index contributed by atoms with van der Waals surface area (Å²) in [6.45, 7) is 11.4. The Kier molecular flexibility index (Phi) is 5.80. The highest BCUT2D eigenvalue weighted by molar-refractivity contribution is 5.84. The molecule has 2 amide bonds. The summed E-state index contributed by atoms with van der Waals surface area (Å²) >= 11 is 0. The minimum absolute atomic E-state index is 0.0601. The standard InChI is InChI=1S/C13H27N3O2/c1-9(2)16-10(17)7-8-15-11(18)12(3,4)13(5,6)14/h9H,7-8,14H2,1-6H3,(H,15,18)(H,16,17). The molecule has 5 heteroatoms. The van der Waals surface area contributed by atoms with Gasteiger partial charge in [-0.05, 0) is 41.5 Å². The van der Waals surface area contributed by atoms with Gasteiger partial charge < -0.3 is 16.4 Å². The lowest BCUT2D eigenvalue weighted by Crippen LogP contribution is -2.55. The van der Waals surface area contributed by atoms with Crippen molar-refractivity contribution in [1.29, 1.82) is 0 Å². The molecule has 5 nitrogen and oxygen atoms in total. The molecule has 0 aromatic carbocycles. The van der Waals surface area contributed by atoms with Crippen LogP contribution in [0.5, 0.6) is 0 Å². The fraction of sp³-hybridized carbons (Fsp3) is 0.846. The molecule has 0 aliphatic carbocycles. The Balaban J connectivity index is 4.17. The first-order valence-corrected chi connectivity index (χ1v) is 6.35. The van der Waals surface area contributed by atoms with Crippen molar-refractivity contribution in [2.45, 2.75) is 59.5 Å². The number of hydrogen-bond acceptors (Lipinski definition) is 3. The van der Waals surface area contributed by atoms with Crippen molar-refractivity contribution >= 4 is 11.8 Å². The molecule has 18 heavy (non-hydrogen) atoms. The van der Waals surface area contributed by atoms with Gasteiger partial charge in [-0.3, -0.25) is 9.59 Å². The summed E-state index contributed by atoms with van der Waals surface area (Å²) in [6.07, 6.45) is 0.283. The fourth-order valence-electron chi connectivity index (χ4n) is 1.20. The molecule has 0 spiro atoms. The lowest BCUT2D eigenvalue weighted by atomic mass is 9.74. The molecule has 0 aliphatic rings. The first-order valence-electron chi connectivity index (χ1n) is 6.35. The highest BCUT2D eigenvalue weighted by Gasteiger charge is 2.40. The van der Waals surface area contributed by atoms with Gasteiger partial charge in [0.15, 0.2) is 0 Å². The molecule has 0 saturated carbocycles. The molecular weight excluding hydrogens is 230 g/mol. The van der Waals surface area contributed by atoms with Crippen molar-refractivity contribution in [3.05, 3.63) is 0 Å². The maximum absolute atomic E-state index is 12.0. The molecule has 0 aromatic rings. The Morgan fingerprint density at radius 1 is 1.17 bits per heavy atom. The highest BCUT2D eigenvalue weighted by Crippen LogP contribution is 2.28. The van der Waals surface area contributed by atoms with Gasteiger partial charge in [-0.15, -0.1) is 0 Å². The normalized spacial score (nSPS) is 12.4. The monoisotopic (exact) mass is 257 g/mol. The van der Waals surface area contributed by atoms with Crippen LogP contribution in [-0.2, 0) is 9.59 Å². The van der Waals surface area contributed by atoms with Crippen LogP contribution in [0.1, 0.15) is 48.0 Å². The van der Waals surface area contributed by atoms with Crippen LogP contribution in [-0.4, -0.2) is 29.9 Å². The van der Waals surface area contributed by atoms with Crippen molar-refractivity contribution in [3.63, 3.8) is 0 Å². The SMILES string of the molecule is CC(C)NC(=O)CCNC(=O)C(C)(C)C(C)(C)N. The molecule has 0 saturated heterocycles. The van der Waals surface area contributed by atoms with E-state index in [1.54, 1.807) is 13.8 Å². The van der Waals surface area contributed by atoms with Crippen LogP contribution in [0.3, 0.4) is 0 Å². The van der Waals surface area contributed by atoms with Crippen LogP contribution >= 0.6 is 0 Å². The van der Waals surface area contributed by atoms with E-state index in [4.69, 9.17) is 5.73 Å². The Morgan fingerprint density at radius 2 is 1.67 bits per heavy atom. The number of rotatable bonds is 6. The van der Waals surface area contributed by atoms with E-state index in [1.807, 2.05) is 27.7 Å². The Labute approximate surface area is 110 Å². The fourth-order valence-corrected chi connectivity index (χ4v) is 1.20. The second kappa shape index (κ2) is 6.18. The largest absolute Gasteiger partial charge is 0.355 e. The third-order valence-electron chi connectivity index (χ3n) is 3.27. The minimum Gasteiger partial charge on any atom is -0.355 e. The third kappa shape index (κ3) is 5.04. The summed E-state index contributed by atoms with van der Waals surface area (Å²) in [5.41, 5.74) is 4.68. The zero-order chi connectivity index (χ0) is 14.6. The summed E-state index contributed by atoms with van der Waals surface area (Å²) in [5.74, 6) is -0.192. The van der Waals surface area contributed by atoms with Crippen LogP contribution < -0.4 is 16.4 Å². The number of amides is 2. The molecule has 106 valence electrons. The van der Waals surface area contributed by atoms with E-state index in [2.05, 4.69) is 10.6 Å². The van der Waals surface area contributed by atoms with Gasteiger partial charge in [0.2, 0.25) is 11.8 Å². The van der Waals surface area contributed by atoms with Crippen molar-refractivity contribution in [2.24, 2.45) is 11.1 Å². The average Bonchev–Trinajstić information content (AvgIpc) is 2.14. The molecule has 0 heterocycles. The zero-order valence-electron chi connectivity index (χ0n) is 12.4. The topological polar surface area (TPSA) is 84.2 Å². The predicted octanol–water partition coefficient (Wildman–Crippen LogP) is 0.781. The predicted molar refractivity (Wildman–Crippen MR) is 73.0 cm³/mol. The number of hydrogen-bond donors (Lipinski definition) is 3. The molecule has 0 radical (unpaired) electrons. The molecule has 0 bridgehead atoms. The molecule has 0 atom stereocenters. The Hall–Kier alpha value is -1.10. The van der Waals surface area contributed by atoms with Crippen LogP contribution in [0.4, 0.5) is 0 Å². The van der Waals surface area contributed by atoms with Crippen LogP contribution in [0.2, 0.25) is 0 Å². The lowest BCUT2D eigenvalue weighted by molar-refractivity contribution is -0.132. The first kappa shape index (κ1) is 16.9. The van der Waals surface area contributed by atoms with Crippen LogP contribution in [0.25, 0.3) is 0 Å². The summed E-state index contributed by atoms with van der Waals surface area (Å²) in [7, 11) is 0. The number of nitrogens with one attached hydrogen (secondary N) is 2. The minimum atomic E-state index is -0.679.